The number of carbonyl (C=O) groups is 1. The van der Waals surface area contributed by atoms with Crippen LogP contribution in [0.4, 0.5) is 5.69 Å². The second-order valence-electron chi connectivity index (χ2n) is 5.42. The molecule has 3 N–H and O–H groups in total. The molecular formula is C14H22N4O. The number of hydrogen-bond donors (Lipinski definition) is 2. The highest BCUT2D eigenvalue weighted by molar-refractivity contribution is 5.92. The van der Waals surface area contributed by atoms with Crippen LogP contribution in [-0.4, -0.2) is 28.9 Å². The van der Waals surface area contributed by atoms with Gasteiger partial charge in [0.15, 0.2) is 0 Å². The van der Waals surface area contributed by atoms with E-state index in [0.29, 0.717) is 23.3 Å². The van der Waals surface area contributed by atoms with Crippen molar-refractivity contribution in [3.63, 3.8) is 0 Å². The number of carbonyl (C=O) groups excluding carboxylic acids is 1. The molecule has 19 heavy (non-hydrogen) atoms. The summed E-state index contributed by atoms with van der Waals surface area (Å²) in [5.41, 5.74) is 3.68. The number of nitrogen functional groups attached to an aromatic ring is 1. The van der Waals surface area contributed by atoms with Crippen LogP contribution in [0.25, 0.3) is 0 Å². The molecule has 1 heterocycles. The molecule has 0 aliphatic heterocycles. The van der Waals surface area contributed by atoms with Gasteiger partial charge in [0.25, 0.3) is 5.91 Å². The predicted octanol–water partition coefficient (Wildman–Crippen LogP) is 2.02. The van der Waals surface area contributed by atoms with Gasteiger partial charge in [-0.15, -0.1) is 0 Å². The van der Waals surface area contributed by atoms with Crippen LogP contribution in [0.1, 0.15) is 43.1 Å². The molecule has 2 rings (SSSR count). The van der Waals surface area contributed by atoms with Crippen molar-refractivity contribution in [1.82, 2.24) is 9.88 Å². The van der Waals surface area contributed by atoms with Crippen molar-refractivity contribution in [2.45, 2.75) is 38.6 Å². The molecule has 2 atom stereocenters. The molecule has 104 valence electrons. The predicted molar refractivity (Wildman–Crippen MR) is 75.6 cm³/mol. The van der Waals surface area contributed by atoms with E-state index < -0.39 is 0 Å². The van der Waals surface area contributed by atoms with E-state index in [1.54, 1.807) is 18.3 Å². The van der Waals surface area contributed by atoms with Gasteiger partial charge in [-0.1, -0.05) is 19.8 Å². The smallest absolute Gasteiger partial charge is 0.272 e. The van der Waals surface area contributed by atoms with Crippen LogP contribution in [0.15, 0.2) is 18.3 Å². The van der Waals surface area contributed by atoms with Crippen LogP contribution in [0, 0.1) is 5.92 Å². The SMILES string of the molecule is CC1CCCC(N(C)C(=O)c2ccc(NN)cn2)C1. The van der Waals surface area contributed by atoms with Crippen molar-refractivity contribution in [2.75, 3.05) is 12.5 Å². The summed E-state index contributed by atoms with van der Waals surface area (Å²) in [7, 11) is 1.88. The number of rotatable bonds is 3. The van der Waals surface area contributed by atoms with Crippen molar-refractivity contribution < 1.29 is 4.79 Å². The van der Waals surface area contributed by atoms with Gasteiger partial charge in [-0.25, -0.2) is 4.98 Å². The van der Waals surface area contributed by atoms with Crippen molar-refractivity contribution >= 4 is 11.6 Å². The molecule has 5 nitrogen and oxygen atoms in total. The zero-order chi connectivity index (χ0) is 13.8. The summed E-state index contributed by atoms with van der Waals surface area (Å²) in [6.45, 7) is 2.25. The molecule has 5 heteroatoms. The lowest BCUT2D eigenvalue weighted by Gasteiger charge is -2.34. The quantitative estimate of drug-likeness (QED) is 0.646. The van der Waals surface area contributed by atoms with Gasteiger partial charge in [-0.05, 0) is 30.9 Å². The van der Waals surface area contributed by atoms with Crippen LogP contribution < -0.4 is 11.3 Å². The van der Waals surface area contributed by atoms with Gasteiger partial charge >= 0.3 is 0 Å². The first-order valence-corrected chi connectivity index (χ1v) is 6.81. The highest BCUT2D eigenvalue weighted by Crippen LogP contribution is 2.27. The molecule has 2 unspecified atom stereocenters. The largest absolute Gasteiger partial charge is 0.337 e. The lowest BCUT2D eigenvalue weighted by atomic mass is 9.86. The van der Waals surface area contributed by atoms with Gasteiger partial charge in [0, 0.05) is 13.1 Å². The number of aromatic nitrogens is 1. The normalized spacial score (nSPS) is 22.9. The Morgan fingerprint density at radius 3 is 2.84 bits per heavy atom. The minimum atomic E-state index is -0.0114. The maximum Gasteiger partial charge on any atom is 0.272 e. The van der Waals surface area contributed by atoms with E-state index in [4.69, 9.17) is 5.84 Å². The van der Waals surface area contributed by atoms with E-state index in [-0.39, 0.29) is 5.91 Å². The lowest BCUT2D eigenvalue weighted by molar-refractivity contribution is 0.0666. The fourth-order valence-corrected chi connectivity index (χ4v) is 2.71. The third kappa shape index (κ3) is 3.23. The van der Waals surface area contributed by atoms with Crippen LogP contribution in [0.5, 0.6) is 0 Å². The van der Waals surface area contributed by atoms with Crippen LogP contribution in [0.3, 0.4) is 0 Å². The molecule has 1 aliphatic carbocycles. The summed E-state index contributed by atoms with van der Waals surface area (Å²) < 4.78 is 0. The summed E-state index contributed by atoms with van der Waals surface area (Å²) in [4.78, 5) is 18.4. The molecule has 1 fully saturated rings. The fraction of sp³-hybridized carbons (Fsp3) is 0.571. The minimum Gasteiger partial charge on any atom is -0.337 e. The van der Waals surface area contributed by atoms with Gasteiger partial charge in [0.2, 0.25) is 0 Å². The Morgan fingerprint density at radius 2 is 2.26 bits per heavy atom. The van der Waals surface area contributed by atoms with E-state index in [1.807, 2.05) is 11.9 Å². The number of nitrogens with two attached hydrogens (primary N) is 1. The van der Waals surface area contributed by atoms with Crippen molar-refractivity contribution in [3.8, 4) is 0 Å². The highest BCUT2D eigenvalue weighted by Gasteiger charge is 2.26. The maximum absolute atomic E-state index is 12.4. The Labute approximate surface area is 114 Å². The van der Waals surface area contributed by atoms with Crippen molar-refractivity contribution in [3.05, 3.63) is 24.0 Å². The van der Waals surface area contributed by atoms with Gasteiger partial charge in [0.1, 0.15) is 5.69 Å². The summed E-state index contributed by atoms with van der Waals surface area (Å²) in [6, 6.07) is 3.81. The summed E-state index contributed by atoms with van der Waals surface area (Å²) in [5.74, 6) is 5.97. The lowest BCUT2D eigenvalue weighted by Crippen LogP contribution is -2.40. The van der Waals surface area contributed by atoms with Crippen LogP contribution >= 0.6 is 0 Å². The van der Waals surface area contributed by atoms with Crippen molar-refractivity contribution in [1.29, 1.82) is 0 Å². The third-order valence-electron chi connectivity index (χ3n) is 3.93. The molecule has 1 saturated carbocycles. The number of nitrogens with zero attached hydrogens (tertiary/aromatic N) is 2. The summed E-state index contributed by atoms with van der Waals surface area (Å²) in [5, 5.41) is 0. The molecule has 0 saturated heterocycles. The van der Waals surface area contributed by atoms with Gasteiger partial charge in [-0.3, -0.25) is 10.6 Å². The Hall–Kier alpha value is -1.62. The zero-order valence-corrected chi connectivity index (χ0v) is 11.6. The van der Waals surface area contributed by atoms with Crippen LogP contribution in [0.2, 0.25) is 0 Å². The number of pyridine rings is 1. The van der Waals surface area contributed by atoms with Gasteiger partial charge in [-0.2, -0.15) is 0 Å². The molecule has 1 aromatic heterocycles. The van der Waals surface area contributed by atoms with E-state index >= 15 is 0 Å². The molecule has 1 aromatic rings. The monoisotopic (exact) mass is 262 g/mol. The van der Waals surface area contributed by atoms with Crippen LogP contribution in [-0.2, 0) is 0 Å². The second-order valence-corrected chi connectivity index (χ2v) is 5.42. The Kier molecular flexibility index (Phi) is 4.37. The molecule has 0 spiro atoms. The summed E-state index contributed by atoms with van der Waals surface area (Å²) in [6.07, 6.45) is 6.23. The first-order chi connectivity index (χ1) is 9.11. The number of amides is 1. The minimum absolute atomic E-state index is 0.0114. The third-order valence-corrected chi connectivity index (χ3v) is 3.93. The van der Waals surface area contributed by atoms with E-state index in [9.17, 15) is 4.79 Å². The fourth-order valence-electron chi connectivity index (χ4n) is 2.71. The Balaban J connectivity index is 2.05. The number of anilines is 1. The maximum atomic E-state index is 12.4. The molecule has 1 amide bonds. The number of nitrogens with one attached hydrogen (secondary N) is 1. The van der Waals surface area contributed by atoms with E-state index in [0.717, 1.165) is 12.8 Å². The average molecular weight is 262 g/mol. The first kappa shape index (κ1) is 13.8. The average Bonchev–Trinajstić information content (AvgIpc) is 2.46. The summed E-state index contributed by atoms with van der Waals surface area (Å²) >= 11 is 0. The van der Waals surface area contributed by atoms with E-state index in [2.05, 4.69) is 17.3 Å². The first-order valence-electron chi connectivity index (χ1n) is 6.81. The molecule has 0 radical (unpaired) electrons. The van der Waals surface area contributed by atoms with E-state index in [1.165, 1.54) is 12.8 Å². The number of hydrogen-bond acceptors (Lipinski definition) is 4. The number of hydrazine groups is 1. The molecule has 0 aromatic carbocycles. The molecule has 0 bridgehead atoms. The molecule has 1 aliphatic rings. The second kappa shape index (κ2) is 6.02. The van der Waals surface area contributed by atoms with Gasteiger partial charge in [0.05, 0.1) is 11.9 Å². The zero-order valence-electron chi connectivity index (χ0n) is 11.6. The Morgan fingerprint density at radius 1 is 1.47 bits per heavy atom. The highest BCUT2D eigenvalue weighted by atomic mass is 16.2. The van der Waals surface area contributed by atoms with Crippen molar-refractivity contribution in [2.24, 2.45) is 11.8 Å². The standard InChI is InChI=1S/C14H22N4O/c1-10-4-3-5-12(8-10)18(2)14(19)13-7-6-11(17-15)9-16-13/h6-7,9-10,12,17H,3-5,8,15H2,1-2H3. The molecular weight excluding hydrogens is 240 g/mol. The topological polar surface area (TPSA) is 71.2 Å². The Bertz CT molecular complexity index is 432. The van der Waals surface area contributed by atoms with Gasteiger partial charge < -0.3 is 10.3 Å².